The van der Waals surface area contributed by atoms with Crippen molar-refractivity contribution in [3.8, 4) is 0 Å². The average molecular weight is 561 g/mol. The maximum Gasteiger partial charge on any atom is 0.305 e. The number of guanidine groups is 1. The highest BCUT2D eigenvalue weighted by Gasteiger charge is 2.30. The molecule has 10 N–H and O–H groups in total. The first kappa shape index (κ1) is 31.5. The Morgan fingerprint density at radius 2 is 1.65 bits per heavy atom. The normalized spacial score (nSPS) is 21.1. The van der Waals surface area contributed by atoms with Crippen LogP contribution in [0.1, 0.15) is 49.0 Å². The lowest BCUT2D eigenvalue weighted by molar-refractivity contribution is -0.140. The maximum atomic E-state index is 13.2. The number of hydrogen-bond acceptors (Lipinski definition) is 7. The first-order chi connectivity index (χ1) is 18.9. The summed E-state index contributed by atoms with van der Waals surface area (Å²) in [5.41, 5.74) is 11.4. The molecule has 0 aromatic heterocycles. The third kappa shape index (κ3) is 10.2. The molecule has 0 fully saturated rings. The van der Waals surface area contributed by atoms with Crippen LogP contribution < -0.4 is 38.1 Å². The Bertz CT molecular complexity index is 1150. The molecule has 0 spiro atoms. The van der Waals surface area contributed by atoms with E-state index >= 15 is 0 Å². The second kappa shape index (κ2) is 15.0. The number of nitrogens with one attached hydrogen (secondary N) is 5. The third-order valence-corrected chi connectivity index (χ3v) is 5.92. The number of hydrogen-bond donors (Lipinski definition) is 8. The van der Waals surface area contributed by atoms with Gasteiger partial charge in [-0.1, -0.05) is 26.0 Å². The van der Waals surface area contributed by atoms with Crippen molar-refractivity contribution in [3.05, 3.63) is 35.4 Å². The lowest BCUT2D eigenvalue weighted by Gasteiger charge is -2.25. The Labute approximate surface area is 230 Å². The molecular weight excluding hydrogens is 524 g/mol. The molecule has 0 aliphatic carbocycles. The van der Waals surface area contributed by atoms with E-state index in [9.17, 15) is 33.9 Å². The summed E-state index contributed by atoms with van der Waals surface area (Å²) in [6.07, 6.45) is -0.302. The Morgan fingerprint density at radius 1 is 0.975 bits per heavy atom. The Balaban J connectivity index is 2.38. The van der Waals surface area contributed by atoms with Gasteiger partial charge in [0.2, 0.25) is 23.6 Å². The predicted molar refractivity (Wildman–Crippen MR) is 143 cm³/mol. The first-order valence-corrected chi connectivity index (χ1v) is 12.7. The van der Waals surface area contributed by atoms with Gasteiger partial charge in [-0.3, -0.25) is 33.8 Å². The summed E-state index contributed by atoms with van der Waals surface area (Å²) in [7, 11) is 0. The third-order valence-electron chi connectivity index (χ3n) is 5.92. The molecule has 0 saturated heterocycles. The summed E-state index contributed by atoms with van der Waals surface area (Å²) in [4.78, 5) is 79.5. The highest BCUT2D eigenvalue weighted by molar-refractivity contribution is 5.99. The number of carbonyl (C=O) groups excluding carboxylic acids is 5. The number of carboxylic acid groups (broad SMARTS) is 1. The van der Waals surface area contributed by atoms with E-state index in [4.69, 9.17) is 11.5 Å². The van der Waals surface area contributed by atoms with Crippen LogP contribution >= 0.6 is 0 Å². The topological polar surface area (TPSA) is 247 Å². The van der Waals surface area contributed by atoms with Crippen molar-refractivity contribution >= 4 is 41.5 Å². The predicted octanol–water partition coefficient (Wildman–Crippen LogP) is -2.32. The van der Waals surface area contributed by atoms with Crippen LogP contribution in [-0.4, -0.2) is 77.8 Å². The van der Waals surface area contributed by atoms with E-state index in [-0.39, 0.29) is 37.0 Å². The standard InChI is InChI=1S/C25H36N8O7/c1-13(2)20-24(40)32-16(7-4-8-28-25(26)27)22(38)30-12-18(34)31-17(10-19(35)36)23(39)29-11-14-5-3-6-15(9-14)21(37)33-20/h3,5-6,9,13,16-17,20H,4,7-8,10-12H2,1-2H3,(H,29,39)(H,30,38)(H,31,34)(H,32,40)(H,33,37)(H,35,36)(H4,26,27,28)/t16-,17-,20+/m0/s1. The molecule has 0 unspecified atom stereocenters. The number of carbonyl (C=O) groups is 6. The molecule has 5 amide bonds. The van der Waals surface area contributed by atoms with Gasteiger partial charge in [-0.25, -0.2) is 0 Å². The molecule has 1 aliphatic rings. The van der Waals surface area contributed by atoms with Crippen molar-refractivity contribution in [1.82, 2.24) is 26.6 Å². The van der Waals surface area contributed by atoms with Crippen LogP contribution in [0, 0.1) is 5.92 Å². The monoisotopic (exact) mass is 560 g/mol. The number of nitrogens with two attached hydrogens (primary N) is 2. The number of aliphatic carboxylic acids is 1. The fourth-order valence-corrected chi connectivity index (χ4v) is 3.85. The molecule has 0 radical (unpaired) electrons. The molecule has 15 nitrogen and oxygen atoms in total. The van der Waals surface area contributed by atoms with Crippen molar-refractivity contribution in [2.75, 3.05) is 13.1 Å². The highest BCUT2D eigenvalue weighted by atomic mass is 16.4. The van der Waals surface area contributed by atoms with Gasteiger partial charge in [-0.15, -0.1) is 0 Å². The number of rotatable bonds is 7. The Kier molecular flexibility index (Phi) is 11.9. The number of fused-ring (bicyclic) bond motifs is 2. The molecule has 1 heterocycles. The molecule has 3 atom stereocenters. The van der Waals surface area contributed by atoms with Gasteiger partial charge in [0.1, 0.15) is 18.1 Å². The van der Waals surface area contributed by atoms with Crippen LogP contribution in [0.4, 0.5) is 0 Å². The van der Waals surface area contributed by atoms with Gasteiger partial charge in [0.05, 0.1) is 13.0 Å². The Hall–Kier alpha value is -4.69. The van der Waals surface area contributed by atoms with Gasteiger partial charge in [0.15, 0.2) is 5.96 Å². The average Bonchev–Trinajstić information content (AvgIpc) is 2.89. The summed E-state index contributed by atoms with van der Waals surface area (Å²) in [6, 6.07) is 2.74. The quantitative estimate of drug-likeness (QED) is 0.101. The van der Waals surface area contributed by atoms with Gasteiger partial charge in [0, 0.05) is 18.7 Å². The van der Waals surface area contributed by atoms with Crippen molar-refractivity contribution in [2.24, 2.45) is 22.4 Å². The second-order valence-electron chi connectivity index (χ2n) is 9.56. The summed E-state index contributed by atoms with van der Waals surface area (Å²) in [5.74, 6) is -5.25. The molecule has 1 aromatic rings. The minimum Gasteiger partial charge on any atom is -0.481 e. The van der Waals surface area contributed by atoms with Crippen LogP contribution in [0.5, 0.6) is 0 Å². The van der Waals surface area contributed by atoms with E-state index < -0.39 is 66.6 Å². The Morgan fingerprint density at radius 3 is 2.30 bits per heavy atom. The van der Waals surface area contributed by atoms with Crippen LogP contribution in [-0.2, 0) is 30.5 Å². The van der Waals surface area contributed by atoms with Crippen molar-refractivity contribution in [2.45, 2.75) is 57.8 Å². The van der Waals surface area contributed by atoms with E-state index in [2.05, 4.69) is 31.6 Å². The molecule has 2 rings (SSSR count). The van der Waals surface area contributed by atoms with E-state index in [0.717, 1.165) is 0 Å². The summed E-state index contributed by atoms with van der Waals surface area (Å²) < 4.78 is 0. The molecule has 0 saturated carbocycles. The fraction of sp³-hybridized carbons (Fsp3) is 0.480. The summed E-state index contributed by atoms with van der Waals surface area (Å²) >= 11 is 0. The molecule has 2 bridgehead atoms. The number of carboxylic acids is 1. The van der Waals surface area contributed by atoms with Crippen LogP contribution in [0.25, 0.3) is 0 Å². The van der Waals surface area contributed by atoms with Gasteiger partial charge in [-0.05, 0) is 36.5 Å². The zero-order valence-corrected chi connectivity index (χ0v) is 22.4. The van der Waals surface area contributed by atoms with Crippen molar-refractivity contribution in [1.29, 1.82) is 0 Å². The molecule has 218 valence electrons. The van der Waals surface area contributed by atoms with E-state index in [1.165, 1.54) is 12.1 Å². The van der Waals surface area contributed by atoms with E-state index in [0.29, 0.717) is 12.0 Å². The van der Waals surface area contributed by atoms with Gasteiger partial charge in [-0.2, -0.15) is 0 Å². The molecule has 40 heavy (non-hydrogen) atoms. The largest absolute Gasteiger partial charge is 0.481 e. The van der Waals surface area contributed by atoms with Crippen LogP contribution in [0.3, 0.4) is 0 Å². The van der Waals surface area contributed by atoms with Crippen LogP contribution in [0.15, 0.2) is 29.3 Å². The SMILES string of the molecule is CC(C)[C@H]1NC(=O)c2cccc(c2)CNC(=O)[C@H](CC(=O)O)NC(=O)CNC(=O)[C@H](CCCN=C(N)N)NC1=O. The number of aliphatic imine (C=N–C) groups is 1. The van der Waals surface area contributed by atoms with Gasteiger partial charge < -0.3 is 43.2 Å². The van der Waals surface area contributed by atoms with E-state index in [1.54, 1.807) is 26.0 Å². The first-order valence-electron chi connectivity index (χ1n) is 12.7. The summed E-state index contributed by atoms with van der Waals surface area (Å²) in [6.45, 7) is 2.99. The number of benzene rings is 1. The zero-order chi connectivity index (χ0) is 29.8. The van der Waals surface area contributed by atoms with Crippen LogP contribution in [0.2, 0.25) is 0 Å². The summed E-state index contributed by atoms with van der Waals surface area (Å²) in [5, 5.41) is 21.7. The molecule has 1 aliphatic heterocycles. The molecule has 1 aromatic carbocycles. The maximum absolute atomic E-state index is 13.2. The minimum atomic E-state index is -1.42. The van der Waals surface area contributed by atoms with Crippen molar-refractivity contribution < 1.29 is 33.9 Å². The smallest absolute Gasteiger partial charge is 0.305 e. The second-order valence-corrected chi connectivity index (χ2v) is 9.56. The van der Waals surface area contributed by atoms with Gasteiger partial charge >= 0.3 is 5.97 Å². The number of amides is 5. The zero-order valence-electron chi connectivity index (χ0n) is 22.4. The molecular formula is C25H36N8O7. The van der Waals surface area contributed by atoms with Gasteiger partial charge in [0.25, 0.3) is 5.91 Å². The lowest BCUT2D eigenvalue weighted by Crippen LogP contribution is -2.56. The van der Waals surface area contributed by atoms with Crippen molar-refractivity contribution in [3.63, 3.8) is 0 Å². The van der Waals surface area contributed by atoms with E-state index in [1.807, 2.05) is 0 Å². The lowest BCUT2D eigenvalue weighted by atomic mass is 10.0. The molecule has 15 heteroatoms. The minimum absolute atomic E-state index is 0.0572. The fourth-order valence-electron chi connectivity index (χ4n) is 3.85. The number of nitrogens with zero attached hydrogens (tertiary/aromatic N) is 1. The highest BCUT2D eigenvalue weighted by Crippen LogP contribution is 2.10.